The Hall–Kier alpha value is -2.49. The number of hydrogen-bond donors (Lipinski definition) is 1. The molecule has 0 aliphatic heterocycles. The second-order valence-electron chi connectivity index (χ2n) is 4.53. The predicted octanol–water partition coefficient (Wildman–Crippen LogP) is 2.03. The van der Waals surface area contributed by atoms with Crippen LogP contribution in [0.15, 0.2) is 53.4 Å². The lowest BCUT2D eigenvalue weighted by Gasteiger charge is -2.05. The summed E-state index contributed by atoms with van der Waals surface area (Å²) in [6.07, 6.45) is 0. The van der Waals surface area contributed by atoms with Gasteiger partial charge in [-0.25, -0.2) is 8.42 Å². The minimum absolute atomic E-state index is 0.0194. The number of hydrogen-bond acceptors (Lipinski definition) is 4. The third kappa shape index (κ3) is 4.74. The van der Waals surface area contributed by atoms with Gasteiger partial charge in [0.15, 0.2) is 0 Å². The molecule has 0 saturated carbocycles. The Balaban J connectivity index is 2.00. The fourth-order valence-corrected chi connectivity index (χ4v) is 2.76. The van der Waals surface area contributed by atoms with Gasteiger partial charge in [0.05, 0.1) is 25.7 Å². The van der Waals surface area contributed by atoms with Crippen LogP contribution in [-0.2, 0) is 10.0 Å². The van der Waals surface area contributed by atoms with Gasteiger partial charge in [0, 0.05) is 11.6 Å². The molecule has 0 spiro atoms. The van der Waals surface area contributed by atoms with E-state index in [0.29, 0.717) is 5.75 Å². The Labute approximate surface area is 136 Å². The third-order valence-electron chi connectivity index (χ3n) is 3.02. The van der Waals surface area contributed by atoms with Gasteiger partial charge in [0.1, 0.15) is 11.5 Å². The van der Waals surface area contributed by atoms with E-state index < -0.39 is 10.0 Å². The highest BCUT2D eigenvalue weighted by Gasteiger charge is 2.13. The molecular weight excluding hydrogens is 314 g/mol. The Bertz CT molecular complexity index is 818. The number of sulfonamides is 1. The average Bonchev–Trinajstić information content (AvgIpc) is 2.59. The van der Waals surface area contributed by atoms with Crippen molar-refractivity contribution in [2.45, 2.75) is 4.90 Å². The molecule has 2 aromatic carbocycles. The van der Waals surface area contributed by atoms with Crippen LogP contribution >= 0.6 is 0 Å². The van der Waals surface area contributed by atoms with Gasteiger partial charge < -0.3 is 9.47 Å². The summed E-state index contributed by atoms with van der Waals surface area (Å²) < 4.78 is 36.8. The highest BCUT2D eigenvalue weighted by atomic mass is 32.2. The quantitative estimate of drug-likeness (QED) is 0.852. The summed E-state index contributed by atoms with van der Waals surface area (Å²) in [6, 6.07) is 13.5. The van der Waals surface area contributed by atoms with Gasteiger partial charge in [-0.1, -0.05) is 17.9 Å². The molecule has 23 heavy (non-hydrogen) atoms. The van der Waals surface area contributed by atoms with Crippen molar-refractivity contribution in [3.8, 4) is 23.3 Å². The minimum Gasteiger partial charge on any atom is -0.497 e. The number of ether oxygens (including phenoxy) is 2. The Morgan fingerprint density at radius 1 is 1.00 bits per heavy atom. The van der Waals surface area contributed by atoms with Crippen LogP contribution in [0.3, 0.4) is 0 Å². The van der Waals surface area contributed by atoms with E-state index in [9.17, 15) is 8.42 Å². The van der Waals surface area contributed by atoms with E-state index >= 15 is 0 Å². The maximum absolute atomic E-state index is 12.1. The van der Waals surface area contributed by atoms with Gasteiger partial charge >= 0.3 is 0 Å². The van der Waals surface area contributed by atoms with Crippen molar-refractivity contribution in [3.05, 3.63) is 54.1 Å². The summed E-state index contributed by atoms with van der Waals surface area (Å²) in [6.45, 7) is 0.0194. The molecule has 2 aromatic rings. The molecule has 0 saturated heterocycles. The summed E-state index contributed by atoms with van der Waals surface area (Å²) in [5.41, 5.74) is 0.784. The maximum atomic E-state index is 12.1. The maximum Gasteiger partial charge on any atom is 0.241 e. The molecule has 0 radical (unpaired) electrons. The fraction of sp³-hybridized carbons (Fsp3) is 0.176. The van der Waals surface area contributed by atoms with Crippen molar-refractivity contribution in [2.75, 3.05) is 20.8 Å². The standard InChI is InChI=1S/C17H17NO4S/c1-21-15-10-8-14(9-11-15)5-4-12-18-23(19,20)17-7-3-6-16(13-17)22-2/h3,6-11,13,18H,12H2,1-2H3. The first kappa shape index (κ1) is 16.9. The zero-order valence-electron chi connectivity index (χ0n) is 12.9. The van der Waals surface area contributed by atoms with Gasteiger partial charge in [-0.3, -0.25) is 0 Å². The molecule has 0 aromatic heterocycles. The van der Waals surface area contributed by atoms with Crippen LogP contribution in [0.25, 0.3) is 0 Å². The SMILES string of the molecule is COc1ccc(C#CCNS(=O)(=O)c2cccc(OC)c2)cc1. The van der Waals surface area contributed by atoms with E-state index in [0.717, 1.165) is 11.3 Å². The van der Waals surface area contributed by atoms with Crippen LogP contribution in [0, 0.1) is 11.8 Å². The molecule has 0 fully saturated rings. The first-order chi connectivity index (χ1) is 11.0. The molecule has 1 N–H and O–H groups in total. The van der Waals surface area contributed by atoms with Gasteiger partial charge in [-0.05, 0) is 36.4 Å². The molecule has 0 unspecified atom stereocenters. The molecule has 5 nitrogen and oxygen atoms in total. The van der Waals surface area contributed by atoms with Crippen molar-refractivity contribution in [1.82, 2.24) is 4.72 Å². The number of rotatable bonds is 5. The summed E-state index contributed by atoms with van der Waals surface area (Å²) in [5, 5.41) is 0. The predicted molar refractivity (Wildman–Crippen MR) is 88.1 cm³/mol. The molecule has 0 aliphatic rings. The van der Waals surface area contributed by atoms with Crippen molar-refractivity contribution in [1.29, 1.82) is 0 Å². The normalized spacial score (nSPS) is 10.5. The second-order valence-corrected chi connectivity index (χ2v) is 6.30. The molecular formula is C17H17NO4S. The number of methoxy groups -OCH3 is 2. The van der Waals surface area contributed by atoms with Crippen LogP contribution in [0.1, 0.15) is 5.56 Å². The van der Waals surface area contributed by atoms with E-state index in [1.165, 1.54) is 19.2 Å². The smallest absolute Gasteiger partial charge is 0.241 e. The lowest BCUT2D eigenvalue weighted by atomic mass is 10.2. The Morgan fingerprint density at radius 2 is 1.70 bits per heavy atom. The van der Waals surface area contributed by atoms with E-state index in [1.54, 1.807) is 31.4 Å². The topological polar surface area (TPSA) is 64.6 Å². The second kappa shape index (κ2) is 7.68. The van der Waals surface area contributed by atoms with E-state index in [1.807, 2.05) is 12.1 Å². The van der Waals surface area contributed by atoms with E-state index in [4.69, 9.17) is 9.47 Å². The summed E-state index contributed by atoms with van der Waals surface area (Å²) in [7, 11) is -0.534. The fourth-order valence-electron chi connectivity index (χ4n) is 1.80. The molecule has 0 amide bonds. The van der Waals surface area contributed by atoms with Gasteiger partial charge in [-0.15, -0.1) is 0 Å². The molecule has 120 valence electrons. The summed E-state index contributed by atoms with van der Waals surface area (Å²) >= 11 is 0. The zero-order chi connectivity index (χ0) is 16.7. The van der Waals surface area contributed by atoms with Gasteiger partial charge in [0.25, 0.3) is 0 Å². The minimum atomic E-state index is -3.61. The average molecular weight is 331 g/mol. The molecule has 0 atom stereocenters. The van der Waals surface area contributed by atoms with Crippen LogP contribution in [-0.4, -0.2) is 29.2 Å². The molecule has 0 heterocycles. The van der Waals surface area contributed by atoms with E-state index in [-0.39, 0.29) is 11.4 Å². The monoisotopic (exact) mass is 331 g/mol. The van der Waals surface area contributed by atoms with Crippen molar-refractivity contribution in [2.24, 2.45) is 0 Å². The molecule has 2 rings (SSSR count). The first-order valence-electron chi connectivity index (χ1n) is 6.82. The van der Waals surface area contributed by atoms with Crippen LogP contribution in [0.2, 0.25) is 0 Å². The lowest BCUT2D eigenvalue weighted by molar-refractivity contribution is 0.413. The van der Waals surface area contributed by atoms with Crippen LogP contribution in [0.4, 0.5) is 0 Å². The molecule has 0 bridgehead atoms. The van der Waals surface area contributed by atoms with E-state index in [2.05, 4.69) is 16.6 Å². The van der Waals surface area contributed by atoms with Crippen molar-refractivity contribution in [3.63, 3.8) is 0 Å². The third-order valence-corrected chi connectivity index (χ3v) is 4.42. The largest absolute Gasteiger partial charge is 0.497 e. The Morgan fingerprint density at radius 3 is 2.35 bits per heavy atom. The zero-order valence-corrected chi connectivity index (χ0v) is 13.7. The van der Waals surface area contributed by atoms with Crippen LogP contribution < -0.4 is 14.2 Å². The van der Waals surface area contributed by atoms with Gasteiger partial charge in [-0.2, -0.15) is 4.72 Å². The van der Waals surface area contributed by atoms with Crippen molar-refractivity contribution >= 4 is 10.0 Å². The Kier molecular flexibility index (Phi) is 5.63. The summed E-state index contributed by atoms with van der Waals surface area (Å²) in [4.78, 5) is 0.142. The van der Waals surface area contributed by atoms with Crippen LogP contribution in [0.5, 0.6) is 11.5 Å². The van der Waals surface area contributed by atoms with Crippen molar-refractivity contribution < 1.29 is 17.9 Å². The molecule has 0 aliphatic carbocycles. The number of benzene rings is 2. The summed E-state index contributed by atoms with van der Waals surface area (Å²) in [5.74, 6) is 6.89. The first-order valence-corrected chi connectivity index (χ1v) is 8.30. The molecule has 6 heteroatoms. The lowest BCUT2D eigenvalue weighted by Crippen LogP contribution is -2.24. The number of nitrogens with one attached hydrogen (secondary N) is 1. The highest BCUT2D eigenvalue weighted by Crippen LogP contribution is 2.16. The van der Waals surface area contributed by atoms with Gasteiger partial charge in [0.2, 0.25) is 10.0 Å². The highest BCUT2D eigenvalue weighted by molar-refractivity contribution is 7.89.